The lowest BCUT2D eigenvalue weighted by Gasteiger charge is -2.26. The van der Waals surface area contributed by atoms with E-state index >= 15 is 0 Å². The number of halogens is 2. The predicted octanol–water partition coefficient (Wildman–Crippen LogP) is 0.831. The Morgan fingerprint density at radius 1 is 0.955 bits per heavy atom. The minimum atomic E-state index is -3.31. The molecule has 0 unspecified atom stereocenters. The van der Waals surface area contributed by atoms with Crippen LogP contribution in [0.25, 0.3) is 0 Å². The third-order valence-corrected chi connectivity index (χ3v) is 5.40. The van der Waals surface area contributed by atoms with E-state index in [1.165, 1.54) is 0 Å². The van der Waals surface area contributed by atoms with Gasteiger partial charge in [0.2, 0.25) is 0 Å². The Kier molecular flexibility index (Phi) is 12.0. The normalized spacial score (nSPS) is 13.0. The van der Waals surface area contributed by atoms with Crippen LogP contribution < -0.4 is 0 Å². The van der Waals surface area contributed by atoms with Gasteiger partial charge in [-0.3, -0.25) is 0 Å². The summed E-state index contributed by atoms with van der Waals surface area (Å²) in [6.45, 7) is 5.09. The molecule has 0 saturated carbocycles. The molecule has 0 aromatic rings. The fourth-order valence-electron chi connectivity index (χ4n) is 1.45. The minimum absolute atomic E-state index is 0.0143. The van der Waals surface area contributed by atoms with E-state index in [9.17, 15) is 8.42 Å². The smallest absolute Gasteiger partial charge is 0.154 e. The number of rotatable bonds is 14. The topological polar surface area (TPSA) is 85.3 Å². The highest BCUT2D eigenvalue weighted by Crippen LogP contribution is 2.21. The summed E-state index contributed by atoms with van der Waals surface area (Å²) in [6.07, 6.45) is 0. The van der Waals surface area contributed by atoms with Crippen LogP contribution in [0.15, 0.2) is 0 Å². The van der Waals surface area contributed by atoms with Crippen molar-refractivity contribution < 1.29 is 27.7 Å². The lowest BCUT2D eigenvalue weighted by atomic mass is 10.1. The van der Waals surface area contributed by atoms with Gasteiger partial charge in [-0.2, -0.15) is 0 Å². The summed E-state index contributed by atoms with van der Waals surface area (Å²) in [5.41, 5.74) is -0.861. The molecule has 0 amide bonds. The van der Waals surface area contributed by atoms with Crippen molar-refractivity contribution in [2.45, 2.75) is 19.4 Å². The standard InChI is InChI=1S/C12H25Cl2NO6S/c1-12(2,15(13)14)11-22(17,18)10-9-21-8-7-20-6-5-19-4-3-16/h16H,3-11H2,1-2H3. The highest BCUT2D eigenvalue weighted by Gasteiger charge is 2.30. The van der Waals surface area contributed by atoms with Crippen LogP contribution in [0, 0.1) is 0 Å². The van der Waals surface area contributed by atoms with E-state index in [0.717, 1.165) is 3.94 Å². The van der Waals surface area contributed by atoms with Gasteiger partial charge in [-0.25, -0.2) is 8.42 Å². The van der Waals surface area contributed by atoms with Gasteiger partial charge in [0.05, 0.1) is 63.3 Å². The summed E-state index contributed by atoms with van der Waals surface area (Å²) in [5, 5.41) is 8.48. The summed E-state index contributed by atoms with van der Waals surface area (Å²) < 4.78 is 40.0. The van der Waals surface area contributed by atoms with Crippen LogP contribution in [0.3, 0.4) is 0 Å². The second kappa shape index (κ2) is 11.8. The molecule has 0 atom stereocenters. The Balaban J connectivity index is 3.66. The van der Waals surface area contributed by atoms with E-state index in [1.807, 2.05) is 0 Å². The lowest BCUT2D eigenvalue weighted by molar-refractivity contribution is 0.00989. The van der Waals surface area contributed by atoms with Crippen molar-refractivity contribution in [1.82, 2.24) is 3.94 Å². The van der Waals surface area contributed by atoms with E-state index in [-0.39, 0.29) is 31.3 Å². The highest BCUT2D eigenvalue weighted by molar-refractivity contribution is 7.91. The van der Waals surface area contributed by atoms with Gasteiger partial charge in [-0.15, -0.1) is 3.94 Å². The van der Waals surface area contributed by atoms with E-state index in [0.29, 0.717) is 26.4 Å². The Morgan fingerprint density at radius 3 is 1.86 bits per heavy atom. The monoisotopic (exact) mass is 381 g/mol. The first kappa shape index (κ1) is 22.3. The molecule has 0 aliphatic rings. The zero-order valence-electron chi connectivity index (χ0n) is 13.0. The van der Waals surface area contributed by atoms with Crippen molar-refractivity contribution >= 4 is 33.4 Å². The fourth-order valence-corrected chi connectivity index (χ4v) is 3.43. The van der Waals surface area contributed by atoms with Crippen molar-refractivity contribution in [1.29, 1.82) is 0 Å². The van der Waals surface area contributed by atoms with Crippen LogP contribution in [0.2, 0.25) is 0 Å². The number of hydrogen-bond acceptors (Lipinski definition) is 7. The molecule has 0 aliphatic heterocycles. The minimum Gasteiger partial charge on any atom is -0.394 e. The molecule has 0 rings (SSSR count). The van der Waals surface area contributed by atoms with Crippen LogP contribution in [-0.2, 0) is 24.0 Å². The van der Waals surface area contributed by atoms with Crippen LogP contribution in [0.5, 0.6) is 0 Å². The molecule has 7 nitrogen and oxygen atoms in total. The van der Waals surface area contributed by atoms with E-state index in [2.05, 4.69) is 0 Å². The number of aliphatic hydroxyl groups excluding tert-OH is 1. The number of sulfone groups is 1. The first-order chi connectivity index (χ1) is 10.2. The van der Waals surface area contributed by atoms with Crippen molar-refractivity contribution in [3.63, 3.8) is 0 Å². The highest BCUT2D eigenvalue weighted by atomic mass is 35.5. The third kappa shape index (κ3) is 11.8. The van der Waals surface area contributed by atoms with Crippen LogP contribution >= 0.6 is 23.6 Å². The maximum Gasteiger partial charge on any atom is 0.154 e. The van der Waals surface area contributed by atoms with Gasteiger partial charge in [0, 0.05) is 0 Å². The Morgan fingerprint density at radius 2 is 1.41 bits per heavy atom. The first-order valence-corrected chi connectivity index (χ1v) is 9.37. The number of hydrogen-bond donors (Lipinski definition) is 1. The van der Waals surface area contributed by atoms with Crippen LogP contribution in [-0.4, -0.2) is 80.8 Å². The molecular formula is C12H25Cl2NO6S. The average molecular weight is 382 g/mol. The molecule has 1 N–H and O–H groups in total. The van der Waals surface area contributed by atoms with Gasteiger partial charge in [0.15, 0.2) is 9.84 Å². The summed E-state index contributed by atoms with van der Waals surface area (Å²) in [4.78, 5) is 0. The van der Waals surface area contributed by atoms with Crippen molar-refractivity contribution in [2.24, 2.45) is 0 Å². The van der Waals surface area contributed by atoms with Gasteiger partial charge < -0.3 is 19.3 Å². The molecule has 0 bridgehead atoms. The second-order valence-corrected chi connectivity index (χ2v) is 8.23. The van der Waals surface area contributed by atoms with Gasteiger partial charge in [-0.1, -0.05) is 0 Å². The van der Waals surface area contributed by atoms with Crippen LogP contribution in [0.1, 0.15) is 13.8 Å². The molecular weight excluding hydrogens is 357 g/mol. The van der Waals surface area contributed by atoms with E-state index in [1.54, 1.807) is 13.8 Å². The molecule has 0 aliphatic carbocycles. The number of ether oxygens (including phenoxy) is 3. The number of nitrogens with zero attached hydrogens (tertiary/aromatic N) is 1. The lowest BCUT2D eigenvalue weighted by Crippen LogP contribution is -2.40. The quantitative estimate of drug-likeness (QED) is 0.352. The molecule has 10 heteroatoms. The van der Waals surface area contributed by atoms with Crippen molar-refractivity contribution in [3.8, 4) is 0 Å². The van der Waals surface area contributed by atoms with E-state index in [4.69, 9.17) is 42.9 Å². The molecule has 0 heterocycles. The van der Waals surface area contributed by atoms with Crippen molar-refractivity contribution in [2.75, 3.05) is 57.8 Å². The zero-order chi connectivity index (χ0) is 17.1. The SMILES string of the molecule is CC(C)(CS(=O)(=O)CCOCCOCCOCCO)N(Cl)Cl. The second-order valence-electron chi connectivity index (χ2n) is 5.20. The molecule has 0 saturated heterocycles. The van der Waals surface area contributed by atoms with Gasteiger partial charge in [-0.05, 0) is 37.4 Å². The Labute approximate surface area is 142 Å². The van der Waals surface area contributed by atoms with E-state index < -0.39 is 15.4 Å². The molecule has 0 aromatic heterocycles. The Bertz CT molecular complexity index is 378. The van der Waals surface area contributed by atoms with Gasteiger partial charge >= 0.3 is 0 Å². The summed E-state index contributed by atoms with van der Waals surface area (Å²) in [6, 6.07) is 0. The predicted molar refractivity (Wildman–Crippen MR) is 85.8 cm³/mol. The van der Waals surface area contributed by atoms with Crippen molar-refractivity contribution in [3.05, 3.63) is 0 Å². The largest absolute Gasteiger partial charge is 0.394 e. The van der Waals surface area contributed by atoms with Gasteiger partial charge in [0.25, 0.3) is 0 Å². The number of aliphatic hydroxyl groups is 1. The maximum atomic E-state index is 11.9. The maximum absolute atomic E-state index is 11.9. The molecule has 0 radical (unpaired) electrons. The third-order valence-electron chi connectivity index (χ3n) is 2.55. The molecule has 0 fully saturated rings. The molecule has 22 heavy (non-hydrogen) atoms. The summed E-state index contributed by atoms with van der Waals surface area (Å²) >= 11 is 11.2. The first-order valence-electron chi connectivity index (χ1n) is 6.87. The fraction of sp³-hybridized carbons (Fsp3) is 1.00. The van der Waals surface area contributed by atoms with Crippen LogP contribution in [0.4, 0.5) is 0 Å². The summed E-state index contributed by atoms with van der Waals surface area (Å²) in [5.74, 6) is -0.257. The zero-order valence-corrected chi connectivity index (χ0v) is 15.3. The average Bonchev–Trinajstić information content (AvgIpc) is 2.39. The molecule has 134 valence electrons. The van der Waals surface area contributed by atoms with Gasteiger partial charge in [0.1, 0.15) is 0 Å². The molecule has 0 aromatic carbocycles. The molecule has 0 spiro atoms. The summed E-state index contributed by atoms with van der Waals surface area (Å²) in [7, 11) is -3.31. The Hall–Kier alpha value is 0.330.